The molecule has 1 fully saturated rings. The van der Waals surface area contributed by atoms with E-state index in [1.54, 1.807) is 6.20 Å². The largest absolute Gasteiger partial charge is 0.378 e. The van der Waals surface area contributed by atoms with Crippen LogP contribution < -0.4 is 10.2 Å². The first kappa shape index (κ1) is 16.4. The zero-order valence-electron chi connectivity index (χ0n) is 14.0. The zero-order valence-corrected chi connectivity index (χ0v) is 14.0. The Morgan fingerprint density at radius 1 is 1.25 bits per heavy atom. The van der Waals surface area contributed by atoms with Crippen LogP contribution in [0.1, 0.15) is 34.6 Å². The van der Waals surface area contributed by atoms with E-state index in [1.807, 2.05) is 44.2 Å². The summed E-state index contributed by atoms with van der Waals surface area (Å²) in [6.07, 6.45) is 1.61. The molecule has 1 aliphatic rings. The van der Waals surface area contributed by atoms with Crippen LogP contribution in [-0.2, 0) is 4.74 Å². The van der Waals surface area contributed by atoms with E-state index in [9.17, 15) is 4.79 Å². The molecule has 1 N–H and O–H groups in total. The number of morpholine rings is 1. The summed E-state index contributed by atoms with van der Waals surface area (Å²) in [6.45, 7) is 6.71. The van der Waals surface area contributed by atoms with Crippen molar-refractivity contribution in [2.45, 2.75) is 19.9 Å². The van der Waals surface area contributed by atoms with Gasteiger partial charge >= 0.3 is 0 Å². The van der Waals surface area contributed by atoms with E-state index in [2.05, 4.69) is 20.2 Å². The number of aryl methyl sites for hydroxylation is 1. The van der Waals surface area contributed by atoms with Crippen molar-refractivity contribution in [3.8, 4) is 0 Å². The number of hydrogen-bond acceptors (Lipinski definition) is 5. The van der Waals surface area contributed by atoms with E-state index in [0.29, 0.717) is 30.4 Å². The number of nitrogens with zero attached hydrogens (tertiary/aromatic N) is 3. The number of carbonyl (C=O) groups excluding carboxylic acids is 1. The SMILES string of the molecule is Cc1nc(N2CCOCC2)ncc1C(=O)NC(C)c1ccccc1. The van der Waals surface area contributed by atoms with Gasteiger partial charge in [0.1, 0.15) is 0 Å². The highest BCUT2D eigenvalue weighted by Gasteiger charge is 2.18. The number of hydrogen-bond donors (Lipinski definition) is 1. The van der Waals surface area contributed by atoms with Gasteiger partial charge in [-0.15, -0.1) is 0 Å². The van der Waals surface area contributed by atoms with Gasteiger partial charge in [-0.2, -0.15) is 0 Å². The van der Waals surface area contributed by atoms with Gasteiger partial charge in [-0.3, -0.25) is 4.79 Å². The Bertz CT molecular complexity index is 699. The molecule has 1 saturated heterocycles. The van der Waals surface area contributed by atoms with Crippen molar-refractivity contribution in [2.75, 3.05) is 31.2 Å². The smallest absolute Gasteiger partial charge is 0.255 e. The van der Waals surface area contributed by atoms with Gasteiger partial charge < -0.3 is 15.0 Å². The highest BCUT2D eigenvalue weighted by Crippen LogP contribution is 2.15. The number of rotatable bonds is 4. The number of benzene rings is 1. The summed E-state index contributed by atoms with van der Waals surface area (Å²) in [5, 5.41) is 3.00. The first-order valence-corrected chi connectivity index (χ1v) is 8.17. The number of aromatic nitrogens is 2. The first-order chi connectivity index (χ1) is 11.6. The maximum absolute atomic E-state index is 12.5. The van der Waals surface area contributed by atoms with Crippen molar-refractivity contribution < 1.29 is 9.53 Å². The van der Waals surface area contributed by atoms with Gasteiger partial charge in [0.2, 0.25) is 5.95 Å². The van der Waals surface area contributed by atoms with Crippen LogP contribution in [0.25, 0.3) is 0 Å². The van der Waals surface area contributed by atoms with Crippen molar-refractivity contribution in [3.63, 3.8) is 0 Å². The number of nitrogens with one attached hydrogen (secondary N) is 1. The van der Waals surface area contributed by atoms with Crippen LogP contribution in [0.4, 0.5) is 5.95 Å². The van der Waals surface area contributed by atoms with E-state index in [4.69, 9.17) is 4.74 Å². The summed E-state index contributed by atoms with van der Waals surface area (Å²) in [6, 6.07) is 9.80. The average Bonchev–Trinajstić information content (AvgIpc) is 2.63. The first-order valence-electron chi connectivity index (χ1n) is 8.17. The minimum Gasteiger partial charge on any atom is -0.378 e. The Morgan fingerprint density at radius 3 is 2.62 bits per heavy atom. The molecule has 1 amide bonds. The van der Waals surface area contributed by atoms with Gasteiger partial charge in [0.05, 0.1) is 30.5 Å². The van der Waals surface area contributed by atoms with Crippen LogP contribution >= 0.6 is 0 Å². The van der Waals surface area contributed by atoms with E-state index >= 15 is 0 Å². The molecule has 24 heavy (non-hydrogen) atoms. The van der Waals surface area contributed by atoms with Crippen LogP contribution in [0, 0.1) is 6.92 Å². The Labute approximate surface area is 141 Å². The Hall–Kier alpha value is -2.47. The minimum absolute atomic E-state index is 0.0722. The van der Waals surface area contributed by atoms with Crippen LogP contribution in [0.3, 0.4) is 0 Å². The summed E-state index contributed by atoms with van der Waals surface area (Å²) in [5.41, 5.74) is 2.26. The summed E-state index contributed by atoms with van der Waals surface area (Å²) >= 11 is 0. The van der Waals surface area contributed by atoms with Crippen molar-refractivity contribution in [3.05, 3.63) is 53.3 Å². The van der Waals surface area contributed by atoms with E-state index < -0.39 is 0 Å². The summed E-state index contributed by atoms with van der Waals surface area (Å²) in [5.74, 6) is 0.501. The lowest BCUT2D eigenvalue weighted by Gasteiger charge is -2.27. The van der Waals surface area contributed by atoms with E-state index in [-0.39, 0.29) is 11.9 Å². The maximum atomic E-state index is 12.5. The summed E-state index contributed by atoms with van der Waals surface area (Å²) in [7, 11) is 0. The van der Waals surface area contributed by atoms with Crippen molar-refractivity contribution >= 4 is 11.9 Å². The average molecular weight is 326 g/mol. The molecule has 6 heteroatoms. The number of amides is 1. The molecular formula is C18H22N4O2. The van der Waals surface area contributed by atoms with Crippen molar-refractivity contribution in [2.24, 2.45) is 0 Å². The molecule has 1 aromatic heterocycles. The van der Waals surface area contributed by atoms with Gasteiger partial charge in [0.25, 0.3) is 5.91 Å². The fraction of sp³-hybridized carbons (Fsp3) is 0.389. The van der Waals surface area contributed by atoms with Crippen molar-refractivity contribution in [1.29, 1.82) is 0 Å². The molecule has 1 aromatic carbocycles. The third-order valence-electron chi connectivity index (χ3n) is 4.15. The molecule has 0 spiro atoms. The number of ether oxygens (including phenoxy) is 1. The zero-order chi connectivity index (χ0) is 16.9. The van der Waals surface area contributed by atoms with Crippen LogP contribution in [0.2, 0.25) is 0 Å². The van der Waals surface area contributed by atoms with Gasteiger partial charge in [-0.1, -0.05) is 30.3 Å². The highest BCUT2D eigenvalue weighted by atomic mass is 16.5. The van der Waals surface area contributed by atoms with Gasteiger partial charge in [0.15, 0.2) is 0 Å². The number of carbonyl (C=O) groups is 1. The molecule has 0 bridgehead atoms. The van der Waals surface area contributed by atoms with E-state index in [1.165, 1.54) is 0 Å². The van der Waals surface area contributed by atoms with Crippen molar-refractivity contribution in [1.82, 2.24) is 15.3 Å². The molecule has 2 heterocycles. The lowest BCUT2D eigenvalue weighted by molar-refractivity contribution is 0.0938. The predicted molar refractivity (Wildman–Crippen MR) is 92.1 cm³/mol. The molecule has 0 radical (unpaired) electrons. The molecule has 3 rings (SSSR count). The van der Waals surface area contributed by atoms with Gasteiger partial charge in [-0.05, 0) is 19.4 Å². The van der Waals surface area contributed by atoms with Crippen LogP contribution in [0.5, 0.6) is 0 Å². The quantitative estimate of drug-likeness (QED) is 0.932. The third-order valence-corrected chi connectivity index (χ3v) is 4.15. The summed E-state index contributed by atoms with van der Waals surface area (Å²) < 4.78 is 5.34. The van der Waals surface area contributed by atoms with Crippen LogP contribution in [0.15, 0.2) is 36.5 Å². The van der Waals surface area contributed by atoms with Gasteiger partial charge in [-0.25, -0.2) is 9.97 Å². The third kappa shape index (κ3) is 3.71. The molecule has 1 unspecified atom stereocenters. The molecule has 2 aromatic rings. The molecule has 6 nitrogen and oxygen atoms in total. The topological polar surface area (TPSA) is 67.3 Å². The Kier molecular flexibility index (Phi) is 5.05. The molecule has 0 aliphatic carbocycles. The Balaban J connectivity index is 1.70. The second kappa shape index (κ2) is 7.40. The molecule has 0 saturated carbocycles. The highest BCUT2D eigenvalue weighted by molar-refractivity contribution is 5.95. The molecule has 1 aliphatic heterocycles. The molecular weight excluding hydrogens is 304 g/mol. The van der Waals surface area contributed by atoms with Crippen LogP contribution in [-0.4, -0.2) is 42.2 Å². The second-order valence-electron chi connectivity index (χ2n) is 5.87. The lowest BCUT2D eigenvalue weighted by Crippen LogP contribution is -2.37. The lowest BCUT2D eigenvalue weighted by atomic mass is 10.1. The standard InChI is InChI=1S/C18H22N4O2/c1-13(15-6-4-3-5-7-15)20-17(23)16-12-19-18(21-14(16)2)22-8-10-24-11-9-22/h3-7,12-13H,8-11H2,1-2H3,(H,20,23). The normalized spacial score (nSPS) is 15.8. The monoisotopic (exact) mass is 326 g/mol. The summed E-state index contributed by atoms with van der Waals surface area (Å²) in [4.78, 5) is 23.4. The van der Waals surface area contributed by atoms with Gasteiger partial charge in [0, 0.05) is 19.3 Å². The molecule has 126 valence electrons. The predicted octanol–water partition coefficient (Wildman–Crippen LogP) is 2.11. The fourth-order valence-electron chi connectivity index (χ4n) is 2.69. The number of anilines is 1. The fourth-order valence-corrected chi connectivity index (χ4v) is 2.69. The Morgan fingerprint density at radius 2 is 1.96 bits per heavy atom. The van der Waals surface area contributed by atoms with E-state index in [0.717, 1.165) is 18.7 Å². The molecule has 1 atom stereocenters. The maximum Gasteiger partial charge on any atom is 0.255 e. The second-order valence-corrected chi connectivity index (χ2v) is 5.87. The minimum atomic E-state index is -0.155.